The molecule has 0 aliphatic carbocycles. The minimum absolute atomic E-state index is 0.0281. The molecule has 0 radical (unpaired) electrons. The summed E-state index contributed by atoms with van der Waals surface area (Å²) in [6.07, 6.45) is 4.97. The van der Waals surface area contributed by atoms with E-state index < -0.39 is 10.0 Å². The van der Waals surface area contributed by atoms with Crippen LogP contribution in [0.1, 0.15) is 49.2 Å². The van der Waals surface area contributed by atoms with Crippen molar-refractivity contribution in [1.29, 1.82) is 0 Å². The molecule has 1 amide bonds. The monoisotopic (exact) mass is 418 g/mol. The first-order valence-electron chi connectivity index (χ1n) is 10.2. The maximum absolute atomic E-state index is 12.8. The molecule has 3 rings (SSSR count). The van der Waals surface area contributed by atoms with Crippen LogP contribution in [0.4, 0.5) is 0 Å². The van der Waals surface area contributed by atoms with Gasteiger partial charge in [-0.15, -0.1) is 0 Å². The number of furan rings is 1. The van der Waals surface area contributed by atoms with E-state index in [0.717, 1.165) is 42.8 Å². The van der Waals surface area contributed by atoms with Crippen molar-refractivity contribution in [2.75, 3.05) is 20.1 Å². The van der Waals surface area contributed by atoms with E-state index in [4.69, 9.17) is 4.42 Å². The van der Waals surface area contributed by atoms with Gasteiger partial charge in [0.2, 0.25) is 15.9 Å². The van der Waals surface area contributed by atoms with Crippen molar-refractivity contribution in [1.82, 2.24) is 9.21 Å². The standard InChI is InChI=1S/C22H30N2O4S/c1-18-7-11-20(28-18)17-23(2)22(25)14-10-19-8-12-21(13-9-19)29(26,27)24-15-5-3-4-6-16-24/h7-9,11-13H,3-6,10,14-17H2,1-2H3. The fourth-order valence-corrected chi connectivity index (χ4v) is 5.11. The van der Waals surface area contributed by atoms with Gasteiger partial charge in [0.25, 0.3) is 0 Å². The lowest BCUT2D eigenvalue weighted by Crippen LogP contribution is -2.31. The van der Waals surface area contributed by atoms with Gasteiger partial charge in [-0.25, -0.2) is 8.42 Å². The summed E-state index contributed by atoms with van der Waals surface area (Å²) in [5, 5.41) is 0. The Balaban J connectivity index is 1.55. The number of aryl methyl sites for hydroxylation is 2. The van der Waals surface area contributed by atoms with E-state index in [1.807, 2.05) is 31.2 Å². The Morgan fingerprint density at radius 3 is 2.28 bits per heavy atom. The van der Waals surface area contributed by atoms with E-state index in [-0.39, 0.29) is 5.91 Å². The summed E-state index contributed by atoms with van der Waals surface area (Å²) < 4.78 is 32.8. The van der Waals surface area contributed by atoms with Crippen LogP contribution >= 0.6 is 0 Å². The second kappa shape index (κ2) is 9.59. The van der Waals surface area contributed by atoms with E-state index in [1.165, 1.54) is 0 Å². The molecule has 0 N–H and O–H groups in total. The van der Waals surface area contributed by atoms with Gasteiger partial charge in [0, 0.05) is 26.6 Å². The topological polar surface area (TPSA) is 70.8 Å². The van der Waals surface area contributed by atoms with E-state index in [0.29, 0.717) is 37.4 Å². The molecule has 1 aliphatic heterocycles. The predicted molar refractivity (Wildman–Crippen MR) is 112 cm³/mol. The minimum atomic E-state index is -3.43. The Hall–Kier alpha value is -2.12. The summed E-state index contributed by atoms with van der Waals surface area (Å²) in [5.74, 6) is 1.62. The highest BCUT2D eigenvalue weighted by Gasteiger charge is 2.24. The number of hydrogen-bond acceptors (Lipinski definition) is 4. The molecular formula is C22H30N2O4S. The van der Waals surface area contributed by atoms with Crippen molar-refractivity contribution in [3.8, 4) is 0 Å². The normalized spacial score (nSPS) is 15.8. The van der Waals surface area contributed by atoms with Crippen LogP contribution in [0.5, 0.6) is 0 Å². The predicted octanol–water partition coefficient (Wildman–Crippen LogP) is 3.74. The average molecular weight is 419 g/mol. The molecule has 1 aromatic heterocycles. The first-order chi connectivity index (χ1) is 13.9. The summed E-state index contributed by atoms with van der Waals surface area (Å²) in [4.78, 5) is 14.4. The van der Waals surface area contributed by atoms with Crippen molar-refractivity contribution < 1.29 is 17.6 Å². The lowest BCUT2D eigenvalue weighted by atomic mass is 10.1. The molecular weight excluding hydrogens is 388 g/mol. The van der Waals surface area contributed by atoms with Crippen LogP contribution < -0.4 is 0 Å². The highest BCUT2D eigenvalue weighted by atomic mass is 32.2. The molecule has 1 aromatic carbocycles. The van der Waals surface area contributed by atoms with Gasteiger partial charge in [-0.1, -0.05) is 25.0 Å². The molecule has 1 aliphatic rings. The van der Waals surface area contributed by atoms with Gasteiger partial charge in [0.1, 0.15) is 11.5 Å². The molecule has 0 spiro atoms. The highest BCUT2D eigenvalue weighted by molar-refractivity contribution is 7.89. The molecule has 2 aromatic rings. The number of carbonyl (C=O) groups is 1. The van der Waals surface area contributed by atoms with Crippen LogP contribution in [0.15, 0.2) is 45.7 Å². The molecule has 29 heavy (non-hydrogen) atoms. The van der Waals surface area contributed by atoms with Crippen molar-refractivity contribution in [2.24, 2.45) is 0 Å². The largest absolute Gasteiger partial charge is 0.464 e. The van der Waals surface area contributed by atoms with E-state index in [1.54, 1.807) is 28.4 Å². The fourth-order valence-electron chi connectivity index (χ4n) is 3.59. The Morgan fingerprint density at radius 1 is 1.03 bits per heavy atom. The number of sulfonamides is 1. The van der Waals surface area contributed by atoms with Crippen molar-refractivity contribution >= 4 is 15.9 Å². The maximum atomic E-state index is 12.8. The Kier molecular flexibility index (Phi) is 7.14. The summed E-state index contributed by atoms with van der Waals surface area (Å²) in [5.41, 5.74) is 0.954. The maximum Gasteiger partial charge on any atom is 0.243 e. The zero-order valence-corrected chi connectivity index (χ0v) is 18.1. The molecule has 0 bridgehead atoms. The van der Waals surface area contributed by atoms with Crippen LogP contribution in [-0.2, 0) is 27.8 Å². The van der Waals surface area contributed by atoms with Gasteiger partial charge in [-0.05, 0) is 56.0 Å². The molecule has 6 nitrogen and oxygen atoms in total. The molecule has 7 heteroatoms. The first kappa shape index (κ1) is 21.6. The number of amides is 1. The third-order valence-corrected chi connectivity index (χ3v) is 7.28. The van der Waals surface area contributed by atoms with Gasteiger partial charge in [0.15, 0.2) is 0 Å². The first-order valence-corrected chi connectivity index (χ1v) is 11.7. The molecule has 0 unspecified atom stereocenters. The lowest BCUT2D eigenvalue weighted by molar-refractivity contribution is -0.130. The van der Waals surface area contributed by atoms with Crippen LogP contribution in [-0.4, -0.2) is 43.7 Å². The van der Waals surface area contributed by atoms with Gasteiger partial charge >= 0.3 is 0 Å². The summed E-state index contributed by atoms with van der Waals surface area (Å²) >= 11 is 0. The van der Waals surface area contributed by atoms with E-state index in [9.17, 15) is 13.2 Å². The average Bonchev–Trinajstić information content (AvgIpc) is 2.94. The smallest absolute Gasteiger partial charge is 0.243 e. The SMILES string of the molecule is Cc1ccc(CN(C)C(=O)CCc2ccc(S(=O)(=O)N3CCCCCC3)cc2)o1. The summed E-state index contributed by atoms with van der Waals surface area (Å²) in [7, 11) is -1.67. The number of nitrogens with zero attached hydrogens (tertiary/aromatic N) is 2. The van der Waals surface area contributed by atoms with E-state index >= 15 is 0 Å². The molecule has 1 fully saturated rings. The van der Waals surface area contributed by atoms with Crippen LogP contribution in [0.2, 0.25) is 0 Å². The molecule has 1 saturated heterocycles. The van der Waals surface area contributed by atoms with Gasteiger partial charge in [0.05, 0.1) is 11.4 Å². The van der Waals surface area contributed by atoms with E-state index in [2.05, 4.69) is 0 Å². The highest BCUT2D eigenvalue weighted by Crippen LogP contribution is 2.21. The number of carbonyl (C=O) groups excluding carboxylic acids is 1. The number of benzene rings is 1. The number of hydrogen-bond donors (Lipinski definition) is 0. The quantitative estimate of drug-likeness (QED) is 0.687. The Morgan fingerprint density at radius 2 is 1.69 bits per heavy atom. The lowest BCUT2D eigenvalue weighted by Gasteiger charge is -2.20. The van der Waals surface area contributed by atoms with Gasteiger partial charge in [-0.2, -0.15) is 4.31 Å². The molecule has 0 atom stereocenters. The second-order valence-electron chi connectivity index (χ2n) is 7.72. The number of rotatable bonds is 7. The molecule has 0 saturated carbocycles. The van der Waals surface area contributed by atoms with Crippen LogP contribution in [0.25, 0.3) is 0 Å². The van der Waals surface area contributed by atoms with Gasteiger partial charge < -0.3 is 9.32 Å². The second-order valence-corrected chi connectivity index (χ2v) is 9.66. The van der Waals surface area contributed by atoms with Crippen molar-refractivity contribution in [3.63, 3.8) is 0 Å². The molecule has 2 heterocycles. The summed E-state index contributed by atoms with van der Waals surface area (Å²) in [6, 6.07) is 10.7. The third kappa shape index (κ3) is 5.70. The fraction of sp³-hybridized carbons (Fsp3) is 0.500. The summed E-state index contributed by atoms with van der Waals surface area (Å²) in [6.45, 7) is 3.52. The third-order valence-electron chi connectivity index (χ3n) is 5.37. The van der Waals surface area contributed by atoms with Crippen LogP contribution in [0.3, 0.4) is 0 Å². The molecule has 158 valence electrons. The van der Waals surface area contributed by atoms with Gasteiger partial charge in [-0.3, -0.25) is 4.79 Å². The van der Waals surface area contributed by atoms with Crippen molar-refractivity contribution in [2.45, 2.75) is 56.9 Å². The zero-order valence-electron chi connectivity index (χ0n) is 17.3. The van der Waals surface area contributed by atoms with Crippen molar-refractivity contribution in [3.05, 3.63) is 53.5 Å². The van der Waals surface area contributed by atoms with Crippen LogP contribution in [0, 0.1) is 6.92 Å². The Labute approximate surface area is 173 Å². The minimum Gasteiger partial charge on any atom is -0.464 e. The zero-order chi connectivity index (χ0) is 20.9. The Bertz CT molecular complexity index is 911.